The van der Waals surface area contributed by atoms with Gasteiger partial charge in [0.05, 0.1) is 19.4 Å². The molecule has 0 radical (unpaired) electrons. The molecule has 0 N–H and O–H groups in total. The molecule has 0 spiro atoms. The van der Waals surface area contributed by atoms with Crippen LogP contribution in [0.1, 0.15) is 18.9 Å². The third-order valence-electron chi connectivity index (χ3n) is 3.55. The van der Waals surface area contributed by atoms with Gasteiger partial charge in [-0.25, -0.2) is 0 Å². The van der Waals surface area contributed by atoms with Crippen molar-refractivity contribution in [3.8, 4) is 0 Å². The molecule has 2 aromatic carbocycles. The van der Waals surface area contributed by atoms with E-state index in [9.17, 15) is 9.59 Å². The number of rotatable bonds is 7. The number of ether oxygens (including phenoxy) is 1. The number of hydrogen-bond acceptors (Lipinski definition) is 3. The molecule has 6 heteroatoms. The molecule has 0 saturated heterocycles. The van der Waals surface area contributed by atoms with Crippen LogP contribution in [0.2, 0.25) is 10.0 Å². The topological polar surface area (TPSA) is 46.6 Å². The lowest BCUT2D eigenvalue weighted by molar-refractivity contribution is -0.142. The number of anilines is 1. The Balaban J connectivity index is 2.14. The number of nitrogens with zero attached hydrogens (tertiary/aromatic N) is 1. The first-order chi connectivity index (χ1) is 12.0. The lowest BCUT2D eigenvalue weighted by Crippen LogP contribution is -2.34. The van der Waals surface area contributed by atoms with Crippen molar-refractivity contribution in [1.82, 2.24) is 0 Å². The van der Waals surface area contributed by atoms with Gasteiger partial charge in [0.2, 0.25) is 5.91 Å². The summed E-state index contributed by atoms with van der Waals surface area (Å²) in [5.41, 5.74) is 1.54. The minimum absolute atomic E-state index is 0.117. The highest BCUT2D eigenvalue weighted by Gasteiger charge is 2.18. The Morgan fingerprint density at radius 1 is 0.960 bits per heavy atom. The van der Waals surface area contributed by atoms with E-state index in [-0.39, 0.29) is 31.3 Å². The molecule has 0 unspecified atom stereocenters. The first-order valence-corrected chi connectivity index (χ1v) is 8.71. The van der Waals surface area contributed by atoms with E-state index in [0.29, 0.717) is 22.3 Å². The second-order valence-electron chi connectivity index (χ2n) is 5.38. The first kappa shape index (κ1) is 19.3. The average Bonchev–Trinajstić information content (AvgIpc) is 2.59. The van der Waals surface area contributed by atoms with Crippen molar-refractivity contribution < 1.29 is 14.3 Å². The van der Waals surface area contributed by atoms with Crippen molar-refractivity contribution >= 4 is 40.8 Å². The largest absolute Gasteiger partial charge is 0.466 e. The van der Waals surface area contributed by atoms with Gasteiger partial charge in [0.1, 0.15) is 0 Å². The van der Waals surface area contributed by atoms with E-state index in [1.807, 2.05) is 12.1 Å². The van der Waals surface area contributed by atoms with Crippen LogP contribution in [0.25, 0.3) is 0 Å². The molecule has 0 aromatic heterocycles. The van der Waals surface area contributed by atoms with Gasteiger partial charge in [0.15, 0.2) is 0 Å². The zero-order valence-electron chi connectivity index (χ0n) is 13.9. The van der Waals surface area contributed by atoms with E-state index >= 15 is 0 Å². The van der Waals surface area contributed by atoms with Gasteiger partial charge in [-0.15, -0.1) is 0 Å². The van der Waals surface area contributed by atoms with Crippen LogP contribution in [0.3, 0.4) is 0 Å². The van der Waals surface area contributed by atoms with Gasteiger partial charge in [0, 0.05) is 22.3 Å². The summed E-state index contributed by atoms with van der Waals surface area (Å²) in [4.78, 5) is 26.0. The Bertz CT molecular complexity index is 714. The fraction of sp³-hybridized carbons (Fsp3) is 0.263. The van der Waals surface area contributed by atoms with Gasteiger partial charge in [-0.05, 0) is 48.9 Å². The summed E-state index contributed by atoms with van der Waals surface area (Å²) in [6, 6.07) is 14.1. The standard InChI is InChI=1S/C19H19Cl2NO3/c1-2-25-19(24)11-12-22(17-9-7-16(21)8-10-17)18(23)13-14-3-5-15(20)6-4-14/h3-10H,2,11-13H2,1H3. The molecule has 0 bridgehead atoms. The molecule has 0 aliphatic rings. The number of hydrogen-bond donors (Lipinski definition) is 0. The quantitative estimate of drug-likeness (QED) is 0.664. The molecule has 2 aromatic rings. The van der Waals surface area contributed by atoms with Crippen LogP contribution in [0.4, 0.5) is 5.69 Å². The third-order valence-corrected chi connectivity index (χ3v) is 4.06. The second kappa shape index (κ2) is 9.44. The predicted molar refractivity (Wildman–Crippen MR) is 100 cm³/mol. The summed E-state index contributed by atoms with van der Waals surface area (Å²) in [5.74, 6) is -0.449. The fourth-order valence-corrected chi connectivity index (χ4v) is 2.58. The van der Waals surface area contributed by atoms with Crippen LogP contribution in [-0.2, 0) is 20.7 Å². The Labute approximate surface area is 157 Å². The van der Waals surface area contributed by atoms with E-state index in [0.717, 1.165) is 5.56 Å². The summed E-state index contributed by atoms with van der Waals surface area (Å²) in [5, 5.41) is 1.20. The normalized spacial score (nSPS) is 10.4. The molecule has 0 heterocycles. The molecule has 0 fully saturated rings. The third kappa shape index (κ3) is 6.07. The Hall–Kier alpha value is -2.04. The Kier molecular flexibility index (Phi) is 7.29. The van der Waals surface area contributed by atoms with Gasteiger partial charge in [-0.3, -0.25) is 9.59 Å². The van der Waals surface area contributed by atoms with Crippen molar-refractivity contribution in [1.29, 1.82) is 0 Å². The summed E-state index contributed by atoms with van der Waals surface area (Å²) < 4.78 is 4.95. The van der Waals surface area contributed by atoms with Crippen LogP contribution in [0.5, 0.6) is 0 Å². The van der Waals surface area contributed by atoms with E-state index in [2.05, 4.69) is 0 Å². The van der Waals surface area contributed by atoms with Crippen LogP contribution >= 0.6 is 23.2 Å². The number of halogens is 2. The number of esters is 1. The van der Waals surface area contributed by atoms with Crippen molar-refractivity contribution in [2.45, 2.75) is 19.8 Å². The number of carbonyl (C=O) groups is 2. The van der Waals surface area contributed by atoms with Gasteiger partial charge in [-0.2, -0.15) is 0 Å². The van der Waals surface area contributed by atoms with Crippen LogP contribution < -0.4 is 4.90 Å². The van der Waals surface area contributed by atoms with Crippen molar-refractivity contribution in [3.05, 3.63) is 64.1 Å². The lowest BCUT2D eigenvalue weighted by atomic mass is 10.1. The SMILES string of the molecule is CCOC(=O)CCN(C(=O)Cc1ccc(Cl)cc1)c1ccc(Cl)cc1. The molecule has 0 saturated carbocycles. The smallest absolute Gasteiger partial charge is 0.307 e. The fourth-order valence-electron chi connectivity index (χ4n) is 2.33. The summed E-state index contributed by atoms with van der Waals surface area (Å²) in [7, 11) is 0. The molecule has 1 amide bonds. The molecule has 0 atom stereocenters. The maximum atomic E-state index is 12.8. The molecular weight excluding hydrogens is 361 g/mol. The zero-order valence-corrected chi connectivity index (χ0v) is 15.4. The summed E-state index contributed by atoms with van der Waals surface area (Å²) in [6.45, 7) is 2.31. The van der Waals surface area contributed by atoms with Crippen molar-refractivity contribution in [2.75, 3.05) is 18.1 Å². The molecule has 25 heavy (non-hydrogen) atoms. The van der Waals surface area contributed by atoms with Gasteiger partial charge in [0.25, 0.3) is 0 Å². The Morgan fingerprint density at radius 2 is 1.52 bits per heavy atom. The van der Waals surface area contributed by atoms with Crippen LogP contribution in [0.15, 0.2) is 48.5 Å². The van der Waals surface area contributed by atoms with E-state index in [4.69, 9.17) is 27.9 Å². The maximum Gasteiger partial charge on any atom is 0.307 e. The van der Waals surface area contributed by atoms with Crippen LogP contribution in [0, 0.1) is 0 Å². The average molecular weight is 380 g/mol. The predicted octanol–water partition coefficient (Wildman–Crippen LogP) is 4.52. The first-order valence-electron chi connectivity index (χ1n) is 7.95. The molecule has 0 aliphatic heterocycles. The maximum absolute atomic E-state index is 12.8. The highest BCUT2D eigenvalue weighted by molar-refractivity contribution is 6.30. The van der Waals surface area contributed by atoms with Crippen molar-refractivity contribution in [2.24, 2.45) is 0 Å². The van der Waals surface area contributed by atoms with E-state index in [1.54, 1.807) is 48.2 Å². The molecular formula is C19H19Cl2NO3. The molecule has 132 valence electrons. The molecule has 0 aliphatic carbocycles. The monoisotopic (exact) mass is 379 g/mol. The molecule has 4 nitrogen and oxygen atoms in total. The highest BCUT2D eigenvalue weighted by Crippen LogP contribution is 2.20. The van der Waals surface area contributed by atoms with Gasteiger partial charge < -0.3 is 9.64 Å². The summed E-state index contributed by atoms with van der Waals surface area (Å²) >= 11 is 11.8. The minimum atomic E-state index is -0.333. The van der Waals surface area contributed by atoms with Gasteiger partial charge in [-0.1, -0.05) is 35.3 Å². The summed E-state index contributed by atoms with van der Waals surface area (Å²) in [6.07, 6.45) is 0.339. The minimum Gasteiger partial charge on any atom is -0.466 e. The lowest BCUT2D eigenvalue weighted by Gasteiger charge is -2.23. The number of benzene rings is 2. The zero-order chi connectivity index (χ0) is 18.2. The second-order valence-corrected chi connectivity index (χ2v) is 6.25. The van der Waals surface area contributed by atoms with E-state index < -0.39 is 0 Å². The number of carbonyl (C=O) groups excluding carboxylic acids is 2. The number of amides is 1. The van der Waals surface area contributed by atoms with Crippen LogP contribution in [-0.4, -0.2) is 25.0 Å². The van der Waals surface area contributed by atoms with Gasteiger partial charge >= 0.3 is 5.97 Å². The van der Waals surface area contributed by atoms with E-state index in [1.165, 1.54) is 0 Å². The van der Waals surface area contributed by atoms with Crippen molar-refractivity contribution in [3.63, 3.8) is 0 Å². The molecule has 2 rings (SSSR count). The Morgan fingerprint density at radius 3 is 2.08 bits per heavy atom. The highest BCUT2D eigenvalue weighted by atomic mass is 35.5.